The lowest BCUT2D eigenvalue weighted by atomic mass is 10.2. The lowest BCUT2D eigenvalue weighted by Crippen LogP contribution is -2.08. The van der Waals surface area contributed by atoms with Gasteiger partial charge in [-0.2, -0.15) is 0 Å². The van der Waals surface area contributed by atoms with E-state index in [0.717, 1.165) is 38.4 Å². The second kappa shape index (κ2) is 8.94. The highest BCUT2D eigenvalue weighted by atomic mass is 32.1. The number of thiazole rings is 1. The largest absolute Gasteiger partial charge is 0.495 e. The highest BCUT2D eigenvalue weighted by molar-refractivity contribution is 7.13. The molecule has 8 heteroatoms. The molecule has 160 valence electrons. The maximum absolute atomic E-state index is 5.61. The number of ether oxygens (including phenoxy) is 1. The first-order valence-corrected chi connectivity index (χ1v) is 11.9. The smallest absolute Gasteiger partial charge is 0.230 e. The van der Waals surface area contributed by atoms with Crippen LogP contribution in [0, 0.1) is 6.92 Å². The van der Waals surface area contributed by atoms with Crippen molar-refractivity contribution in [3.8, 4) is 32.7 Å². The van der Waals surface area contributed by atoms with Crippen LogP contribution in [0.2, 0.25) is 0 Å². The molecule has 0 radical (unpaired) electrons. The van der Waals surface area contributed by atoms with Gasteiger partial charge in [-0.1, -0.05) is 48.0 Å². The normalized spacial score (nSPS) is 10.9. The van der Waals surface area contributed by atoms with Crippen LogP contribution in [0.3, 0.4) is 0 Å². The molecule has 0 aliphatic carbocycles. The molecule has 2 aromatic carbocycles. The monoisotopic (exact) mass is 459 g/mol. The van der Waals surface area contributed by atoms with Crippen molar-refractivity contribution in [2.75, 3.05) is 12.4 Å². The van der Waals surface area contributed by atoms with Crippen LogP contribution < -0.4 is 10.1 Å². The number of nitrogens with one attached hydrogen (secondary N) is 1. The summed E-state index contributed by atoms with van der Waals surface area (Å²) in [4.78, 5) is 5.83. The van der Waals surface area contributed by atoms with Crippen molar-refractivity contribution in [1.29, 1.82) is 0 Å². The number of aryl methyl sites for hydroxylation is 1. The molecule has 0 atom stereocenters. The fourth-order valence-corrected chi connectivity index (χ4v) is 4.92. The number of hydrogen-bond acceptors (Lipinski definition) is 7. The molecule has 0 saturated heterocycles. The quantitative estimate of drug-likeness (QED) is 0.321. The number of benzene rings is 2. The Hall–Kier alpha value is -3.49. The molecule has 0 spiro atoms. The van der Waals surface area contributed by atoms with Gasteiger partial charge in [0.15, 0.2) is 5.82 Å². The number of rotatable bonds is 7. The van der Waals surface area contributed by atoms with E-state index in [1.807, 2.05) is 46.3 Å². The summed E-state index contributed by atoms with van der Waals surface area (Å²) in [5.41, 5.74) is 4.20. The van der Waals surface area contributed by atoms with Crippen molar-refractivity contribution in [2.45, 2.75) is 13.5 Å². The summed E-state index contributed by atoms with van der Waals surface area (Å²) < 4.78 is 7.61. The van der Waals surface area contributed by atoms with Crippen molar-refractivity contribution >= 4 is 28.6 Å². The third-order valence-electron chi connectivity index (χ3n) is 5.01. The van der Waals surface area contributed by atoms with Crippen LogP contribution in [0.25, 0.3) is 27.0 Å². The van der Waals surface area contributed by atoms with Crippen LogP contribution in [-0.4, -0.2) is 26.9 Å². The van der Waals surface area contributed by atoms with Crippen LogP contribution >= 0.6 is 22.7 Å². The molecule has 3 aromatic heterocycles. The first-order valence-electron chi connectivity index (χ1n) is 10.1. The number of nitrogens with zero attached hydrogens (tertiary/aromatic N) is 4. The number of thiophene rings is 1. The van der Waals surface area contributed by atoms with Crippen molar-refractivity contribution in [3.63, 3.8) is 0 Å². The molecule has 0 saturated carbocycles. The number of para-hydroxylation sites is 2. The summed E-state index contributed by atoms with van der Waals surface area (Å²) in [5, 5.41) is 17.4. The Labute approximate surface area is 194 Å². The molecular weight excluding hydrogens is 438 g/mol. The molecule has 0 aliphatic heterocycles. The minimum Gasteiger partial charge on any atom is -0.495 e. The predicted octanol–water partition coefficient (Wildman–Crippen LogP) is 6.05. The molecule has 0 bridgehead atoms. The van der Waals surface area contributed by atoms with Crippen LogP contribution in [0.1, 0.15) is 11.3 Å². The number of aromatic nitrogens is 4. The lowest BCUT2D eigenvalue weighted by molar-refractivity contribution is 0.413. The molecule has 32 heavy (non-hydrogen) atoms. The van der Waals surface area contributed by atoms with E-state index in [9.17, 15) is 0 Å². The molecule has 6 nitrogen and oxygen atoms in total. The Kier molecular flexibility index (Phi) is 5.70. The molecule has 0 fully saturated rings. The van der Waals surface area contributed by atoms with Gasteiger partial charge in [0.25, 0.3) is 0 Å². The second-order valence-electron chi connectivity index (χ2n) is 7.20. The highest BCUT2D eigenvalue weighted by Gasteiger charge is 2.19. The molecule has 1 N–H and O–H groups in total. The van der Waals surface area contributed by atoms with E-state index in [4.69, 9.17) is 9.72 Å². The highest BCUT2D eigenvalue weighted by Crippen LogP contribution is 2.33. The Morgan fingerprint density at radius 2 is 1.81 bits per heavy atom. The number of methoxy groups -OCH3 is 1. The van der Waals surface area contributed by atoms with Crippen molar-refractivity contribution in [2.24, 2.45) is 0 Å². The Morgan fingerprint density at radius 1 is 0.969 bits per heavy atom. The SMILES string of the molecule is COc1ccccc1-n1c(NCc2csc(-c3ccc(C)cc3)n2)nnc1-c1cccs1. The molecule has 5 aromatic rings. The Balaban J connectivity index is 1.45. The zero-order chi connectivity index (χ0) is 21.9. The van der Waals surface area contributed by atoms with Gasteiger partial charge < -0.3 is 10.1 Å². The number of hydrogen-bond donors (Lipinski definition) is 1. The van der Waals surface area contributed by atoms with E-state index < -0.39 is 0 Å². The summed E-state index contributed by atoms with van der Waals surface area (Å²) in [6.07, 6.45) is 0. The second-order valence-corrected chi connectivity index (χ2v) is 9.00. The molecule has 3 heterocycles. The van der Waals surface area contributed by atoms with E-state index >= 15 is 0 Å². The van der Waals surface area contributed by atoms with Gasteiger partial charge in [-0.15, -0.1) is 32.9 Å². The standard InChI is InChI=1S/C24H21N5OS2/c1-16-9-11-17(12-10-16)23-26-18(15-32-23)14-25-24-28-27-22(21-8-5-13-31-21)29(24)19-6-3-4-7-20(19)30-2/h3-13,15H,14H2,1-2H3,(H,25,28). The van der Waals surface area contributed by atoms with E-state index in [2.05, 4.69) is 52.1 Å². The van der Waals surface area contributed by atoms with Gasteiger partial charge in [0.05, 0.1) is 29.9 Å². The fraction of sp³-hybridized carbons (Fsp3) is 0.125. The van der Waals surface area contributed by atoms with Gasteiger partial charge in [0.1, 0.15) is 10.8 Å². The van der Waals surface area contributed by atoms with Crippen molar-refractivity contribution in [3.05, 3.63) is 82.7 Å². The van der Waals surface area contributed by atoms with Crippen molar-refractivity contribution in [1.82, 2.24) is 19.7 Å². The third kappa shape index (κ3) is 4.02. The van der Waals surface area contributed by atoms with Gasteiger partial charge in [-0.05, 0) is 30.5 Å². The van der Waals surface area contributed by atoms with Gasteiger partial charge in [-0.3, -0.25) is 4.57 Å². The first kappa shape index (κ1) is 20.4. The van der Waals surface area contributed by atoms with E-state index in [-0.39, 0.29) is 0 Å². The van der Waals surface area contributed by atoms with Gasteiger partial charge in [-0.25, -0.2) is 4.98 Å². The average Bonchev–Trinajstić information content (AvgIpc) is 3.58. The summed E-state index contributed by atoms with van der Waals surface area (Å²) >= 11 is 3.27. The van der Waals surface area contributed by atoms with Crippen LogP contribution in [0.5, 0.6) is 5.75 Å². The topological polar surface area (TPSA) is 64.9 Å². The molecule has 5 rings (SSSR count). The summed E-state index contributed by atoms with van der Waals surface area (Å²) in [5.74, 6) is 2.16. The lowest BCUT2D eigenvalue weighted by Gasteiger charge is -2.14. The molecule has 0 amide bonds. The van der Waals surface area contributed by atoms with Gasteiger partial charge in [0.2, 0.25) is 5.95 Å². The third-order valence-corrected chi connectivity index (χ3v) is 6.81. The minimum absolute atomic E-state index is 0.542. The van der Waals surface area contributed by atoms with Crippen LogP contribution in [-0.2, 0) is 6.54 Å². The predicted molar refractivity (Wildman–Crippen MR) is 131 cm³/mol. The average molecular weight is 460 g/mol. The van der Waals surface area contributed by atoms with E-state index in [1.54, 1.807) is 29.8 Å². The minimum atomic E-state index is 0.542. The van der Waals surface area contributed by atoms with Crippen LogP contribution in [0.4, 0.5) is 5.95 Å². The molecule has 0 unspecified atom stereocenters. The Morgan fingerprint density at radius 3 is 2.59 bits per heavy atom. The zero-order valence-corrected chi connectivity index (χ0v) is 19.3. The first-order chi connectivity index (χ1) is 15.7. The van der Waals surface area contributed by atoms with E-state index in [0.29, 0.717) is 12.5 Å². The summed E-state index contributed by atoms with van der Waals surface area (Å²) in [7, 11) is 1.67. The molecule has 0 aliphatic rings. The van der Waals surface area contributed by atoms with Gasteiger partial charge >= 0.3 is 0 Å². The summed E-state index contributed by atoms with van der Waals surface area (Å²) in [6.45, 7) is 2.63. The van der Waals surface area contributed by atoms with Crippen LogP contribution in [0.15, 0.2) is 71.4 Å². The number of anilines is 1. The fourth-order valence-electron chi connectivity index (χ4n) is 3.39. The maximum atomic E-state index is 5.61. The summed E-state index contributed by atoms with van der Waals surface area (Å²) in [6, 6.07) is 20.4. The zero-order valence-electron chi connectivity index (χ0n) is 17.6. The molecular formula is C24H21N5OS2. The van der Waals surface area contributed by atoms with E-state index in [1.165, 1.54) is 5.56 Å². The Bertz CT molecular complexity index is 1320. The maximum Gasteiger partial charge on any atom is 0.230 e. The van der Waals surface area contributed by atoms with Crippen molar-refractivity contribution < 1.29 is 4.74 Å². The van der Waals surface area contributed by atoms with Gasteiger partial charge in [0, 0.05) is 10.9 Å².